The van der Waals surface area contributed by atoms with Gasteiger partial charge in [0.1, 0.15) is 5.60 Å². The maximum Gasteiger partial charge on any atom is 0.408 e. The van der Waals surface area contributed by atoms with Gasteiger partial charge < -0.3 is 14.8 Å². The number of carbonyl (C=O) groups excluding carboxylic acids is 2. The fourth-order valence-electron chi connectivity index (χ4n) is 1.09. The van der Waals surface area contributed by atoms with Crippen molar-refractivity contribution in [3.05, 3.63) is 0 Å². The molecule has 0 fully saturated rings. The number of ether oxygens (including phenoxy) is 2. The zero-order valence-electron chi connectivity index (χ0n) is 10.7. The number of carbonyl (C=O) groups is 2. The molecule has 0 aromatic carbocycles. The van der Waals surface area contributed by atoms with Crippen LogP contribution in [0.4, 0.5) is 4.79 Å². The maximum atomic E-state index is 11.5. The van der Waals surface area contributed by atoms with Gasteiger partial charge in [0, 0.05) is 13.7 Å². The minimum absolute atomic E-state index is 0.149. The van der Waals surface area contributed by atoms with E-state index in [-0.39, 0.29) is 11.7 Å². The number of ketones is 1. The van der Waals surface area contributed by atoms with Crippen LogP contribution in [0.1, 0.15) is 27.2 Å². The van der Waals surface area contributed by atoms with Crippen LogP contribution in [0, 0.1) is 0 Å². The van der Waals surface area contributed by atoms with Crippen LogP contribution in [0.3, 0.4) is 0 Å². The van der Waals surface area contributed by atoms with Crippen LogP contribution in [-0.2, 0) is 14.3 Å². The van der Waals surface area contributed by atoms with Gasteiger partial charge in [-0.15, -0.1) is 11.6 Å². The number of amides is 1. The normalized spacial score (nSPS) is 13.0. The van der Waals surface area contributed by atoms with E-state index in [1.807, 2.05) is 0 Å². The van der Waals surface area contributed by atoms with E-state index >= 15 is 0 Å². The molecular formula is C11H20ClNO4. The highest BCUT2D eigenvalue weighted by Gasteiger charge is 2.23. The van der Waals surface area contributed by atoms with Crippen LogP contribution in [-0.4, -0.2) is 43.1 Å². The molecule has 0 saturated heterocycles. The highest BCUT2D eigenvalue weighted by molar-refractivity contribution is 6.28. The quantitative estimate of drug-likeness (QED) is 0.743. The van der Waals surface area contributed by atoms with Gasteiger partial charge in [0.2, 0.25) is 0 Å². The number of hydrogen-bond donors (Lipinski definition) is 1. The summed E-state index contributed by atoms with van der Waals surface area (Å²) in [6.07, 6.45) is -0.251. The molecular weight excluding hydrogens is 246 g/mol. The first kappa shape index (κ1) is 16.2. The van der Waals surface area contributed by atoms with Gasteiger partial charge in [0.15, 0.2) is 5.78 Å². The minimum Gasteiger partial charge on any atom is -0.444 e. The third-order valence-electron chi connectivity index (χ3n) is 1.82. The molecule has 1 atom stereocenters. The summed E-state index contributed by atoms with van der Waals surface area (Å²) in [5.74, 6) is -0.404. The van der Waals surface area contributed by atoms with Crippen LogP contribution in [0.15, 0.2) is 0 Å². The monoisotopic (exact) mass is 265 g/mol. The Balaban J connectivity index is 4.32. The summed E-state index contributed by atoms with van der Waals surface area (Å²) in [5, 5.41) is 2.48. The molecule has 0 saturated carbocycles. The third-order valence-corrected chi connectivity index (χ3v) is 2.09. The Morgan fingerprint density at radius 3 is 2.35 bits per heavy atom. The predicted molar refractivity (Wildman–Crippen MR) is 65.4 cm³/mol. The lowest BCUT2D eigenvalue weighted by Gasteiger charge is -2.22. The Kier molecular flexibility index (Phi) is 7.15. The molecule has 0 heterocycles. The second-order valence-corrected chi connectivity index (χ2v) is 4.85. The summed E-state index contributed by atoms with van der Waals surface area (Å²) in [6, 6.07) is -0.665. The van der Waals surface area contributed by atoms with E-state index < -0.39 is 17.7 Å². The molecule has 6 heteroatoms. The largest absolute Gasteiger partial charge is 0.444 e. The zero-order chi connectivity index (χ0) is 13.5. The van der Waals surface area contributed by atoms with Gasteiger partial charge in [0.05, 0.1) is 11.9 Å². The van der Waals surface area contributed by atoms with Gasteiger partial charge in [-0.2, -0.15) is 0 Å². The molecule has 100 valence electrons. The van der Waals surface area contributed by atoms with Crippen LogP contribution in [0.2, 0.25) is 0 Å². The van der Waals surface area contributed by atoms with Crippen LogP contribution >= 0.6 is 11.6 Å². The van der Waals surface area contributed by atoms with E-state index in [4.69, 9.17) is 21.1 Å². The first-order valence-electron chi connectivity index (χ1n) is 5.37. The van der Waals surface area contributed by atoms with Gasteiger partial charge in [-0.3, -0.25) is 4.79 Å². The van der Waals surface area contributed by atoms with Gasteiger partial charge in [-0.1, -0.05) is 0 Å². The van der Waals surface area contributed by atoms with Gasteiger partial charge in [-0.25, -0.2) is 4.79 Å². The first-order chi connectivity index (χ1) is 7.80. The molecule has 1 unspecified atom stereocenters. The number of Topliss-reactive ketones (excluding diaryl/α,β-unsaturated/α-hetero) is 1. The average Bonchev–Trinajstić information content (AvgIpc) is 2.20. The molecule has 0 aliphatic rings. The average molecular weight is 266 g/mol. The second-order valence-electron chi connectivity index (χ2n) is 4.58. The fourth-order valence-corrected chi connectivity index (χ4v) is 1.28. The number of rotatable bonds is 6. The van der Waals surface area contributed by atoms with E-state index in [0.29, 0.717) is 13.0 Å². The molecule has 1 N–H and O–H groups in total. The Hall–Kier alpha value is -0.810. The van der Waals surface area contributed by atoms with Crippen molar-refractivity contribution in [3.63, 3.8) is 0 Å². The van der Waals surface area contributed by atoms with E-state index in [9.17, 15) is 9.59 Å². The molecule has 0 spiro atoms. The molecule has 0 aromatic heterocycles. The van der Waals surface area contributed by atoms with E-state index in [1.54, 1.807) is 20.8 Å². The lowest BCUT2D eigenvalue weighted by Crippen LogP contribution is -2.44. The summed E-state index contributed by atoms with van der Waals surface area (Å²) in [4.78, 5) is 22.9. The smallest absolute Gasteiger partial charge is 0.408 e. The fraction of sp³-hybridized carbons (Fsp3) is 0.818. The van der Waals surface area contributed by atoms with Crippen LogP contribution in [0.5, 0.6) is 0 Å². The lowest BCUT2D eigenvalue weighted by molar-refractivity contribution is -0.119. The van der Waals surface area contributed by atoms with Crippen molar-refractivity contribution in [1.29, 1.82) is 0 Å². The Bertz CT molecular complexity index is 263. The number of alkyl halides is 1. The summed E-state index contributed by atoms with van der Waals surface area (Å²) < 4.78 is 9.92. The van der Waals surface area contributed by atoms with Crippen LogP contribution < -0.4 is 5.32 Å². The molecule has 0 aromatic rings. The molecule has 0 aliphatic heterocycles. The number of alkyl carbamates (subject to hydrolysis) is 1. The summed E-state index contributed by atoms with van der Waals surface area (Å²) >= 11 is 5.46. The summed E-state index contributed by atoms with van der Waals surface area (Å²) in [5.41, 5.74) is -0.597. The standard InChI is InChI=1S/C11H20ClNO4/c1-11(2,3)17-10(15)13-8(5-6-16-4)9(14)7-12/h8H,5-7H2,1-4H3,(H,13,15). The van der Waals surface area contributed by atoms with Crippen LogP contribution in [0.25, 0.3) is 0 Å². The van der Waals surface area contributed by atoms with Gasteiger partial charge in [-0.05, 0) is 27.2 Å². The Morgan fingerprint density at radius 2 is 1.94 bits per heavy atom. The lowest BCUT2D eigenvalue weighted by atomic mass is 10.1. The van der Waals surface area contributed by atoms with Gasteiger partial charge in [0.25, 0.3) is 0 Å². The van der Waals surface area contributed by atoms with Crippen molar-refractivity contribution in [2.45, 2.75) is 38.8 Å². The van der Waals surface area contributed by atoms with Gasteiger partial charge >= 0.3 is 6.09 Å². The first-order valence-corrected chi connectivity index (χ1v) is 5.90. The van der Waals surface area contributed by atoms with Crippen molar-refractivity contribution >= 4 is 23.5 Å². The highest BCUT2D eigenvalue weighted by Crippen LogP contribution is 2.07. The van der Waals surface area contributed by atoms with E-state index in [2.05, 4.69) is 5.32 Å². The Labute approximate surface area is 107 Å². The molecule has 0 rings (SSSR count). The van der Waals surface area contributed by atoms with Crippen molar-refractivity contribution in [2.75, 3.05) is 19.6 Å². The number of methoxy groups -OCH3 is 1. The number of nitrogens with one attached hydrogen (secondary N) is 1. The molecule has 17 heavy (non-hydrogen) atoms. The summed E-state index contributed by atoms with van der Waals surface area (Å²) in [6.45, 7) is 5.61. The van der Waals surface area contributed by atoms with E-state index in [1.165, 1.54) is 7.11 Å². The van der Waals surface area contributed by atoms with E-state index in [0.717, 1.165) is 0 Å². The molecule has 0 aliphatic carbocycles. The molecule has 5 nitrogen and oxygen atoms in total. The van der Waals surface area contributed by atoms with Crippen molar-refractivity contribution in [1.82, 2.24) is 5.32 Å². The number of halogens is 1. The zero-order valence-corrected chi connectivity index (χ0v) is 11.5. The molecule has 0 bridgehead atoms. The summed E-state index contributed by atoms with van der Waals surface area (Å²) in [7, 11) is 1.52. The van der Waals surface area contributed by atoms with Crippen molar-refractivity contribution in [2.24, 2.45) is 0 Å². The SMILES string of the molecule is COCCC(NC(=O)OC(C)(C)C)C(=O)CCl. The molecule has 1 amide bonds. The Morgan fingerprint density at radius 1 is 1.35 bits per heavy atom. The minimum atomic E-state index is -0.665. The van der Waals surface area contributed by atoms with Crippen molar-refractivity contribution < 1.29 is 19.1 Å². The molecule has 0 radical (unpaired) electrons. The highest BCUT2D eigenvalue weighted by atomic mass is 35.5. The predicted octanol–water partition coefficient (Wildman–Crippen LogP) is 1.72. The second kappa shape index (κ2) is 7.50. The topological polar surface area (TPSA) is 64.6 Å². The van der Waals surface area contributed by atoms with Crippen molar-refractivity contribution in [3.8, 4) is 0 Å². The maximum absolute atomic E-state index is 11.5. The number of hydrogen-bond acceptors (Lipinski definition) is 4. The third kappa shape index (κ3) is 7.99.